The summed E-state index contributed by atoms with van der Waals surface area (Å²) in [5, 5.41) is 9.77. The number of carboxylic acid groups (broad SMARTS) is 1. The largest absolute Gasteiger partial charge is 0.477 e. The predicted molar refractivity (Wildman–Crippen MR) is 85.8 cm³/mol. The monoisotopic (exact) mass is 398 g/mol. The van der Waals surface area contributed by atoms with E-state index in [0.717, 1.165) is 6.07 Å². The van der Waals surface area contributed by atoms with Crippen molar-refractivity contribution in [2.75, 3.05) is 0 Å². The number of carbonyl (C=O) groups is 1. The van der Waals surface area contributed by atoms with Gasteiger partial charge in [-0.2, -0.15) is 26.3 Å². The highest BCUT2D eigenvalue weighted by Gasteiger charge is 2.39. The van der Waals surface area contributed by atoms with Crippen LogP contribution in [0.3, 0.4) is 0 Å². The van der Waals surface area contributed by atoms with E-state index in [4.69, 9.17) is 5.11 Å². The molecule has 0 radical (unpaired) electrons. The van der Waals surface area contributed by atoms with E-state index in [1.165, 1.54) is 18.2 Å². The Hall–Kier alpha value is -1.81. The van der Waals surface area contributed by atoms with Crippen molar-refractivity contribution in [3.63, 3.8) is 0 Å². The van der Waals surface area contributed by atoms with Crippen molar-refractivity contribution in [1.82, 2.24) is 0 Å². The Balaban J connectivity index is 2.78. The van der Waals surface area contributed by atoms with E-state index in [9.17, 15) is 31.1 Å². The second-order valence-electron chi connectivity index (χ2n) is 4.59. The van der Waals surface area contributed by atoms with Crippen molar-refractivity contribution in [3.8, 4) is 0 Å². The van der Waals surface area contributed by atoms with Crippen molar-refractivity contribution < 1.29 is 36.2 Å². The number of benzene rings is 2. The van der Waals surface area contributed by atoms with Crippen LogP contribution in [0.15, 0.2) is 47.4 Å². The van der Waals surface area contributed by atoms with Gasteiger partial charge in [-0.1, -0.05) is 42.5 Å². The normalized spacial score (nSPS) is 13.7. The number of thioether (sulfide) groups is 2. The molecule has 134 valence electrons. The molecule has 2 nitrogen and oxygen atoms in total. The van der Waals surface area contributed by atoms with E-state index in [0.29, 0.717) is 5.39 Å². The van der Waals surface area contributed by atoms with E-state index in [1.807, 2.05) is 0 Å². The third-order valence-corrected chi connectivity index (χ3v) is 4.67. The van der Waals surface area contributed by atoms with E-state index in [-0.39, 0.29) is 10.9 Å². The van der Waals surface area contributed by atoms with Crippen LogP contribution in [0.5, 0.6) is 0 Å². The second kappa shape index (κ2) is 7.20. The SMILES string of the molecule is O=C(O)/C(SC(F)(F)F)=C(\SC(F)(F)F)c1cccc2ccccc12. The Labute approximate surface area is 145 Å². The van der Waals surface area contributed by atoms with Crippen molar-refractivity contribution in [2.24, 2.45) is 0 Å². The maximum Gasteiger partial charge on any atom is 0.446 e. The highest BCUT2D eigenvalue weighted by molar-refractivity contribution is 8.12. The van der Waals surface area contributed by atoms with Gasteiger partial charge in [0.1, 0.15) is 4.91 Å². The van der Waals surface area contributed by atoms with E-state index in [1.54, 1.807) is 18.2 Å². The maximum absolute atomic E-state index is 12.9. The number of alkyl halides is 6. The minimum atomic E-state index is -5.05. The van der Waals surface area contributed by atoms with Crippen LogP contribution in [-0.4, -0.2) is 22.1 Å². The van der Waals surface area contributed by atoms with Crippen LogP contribution < -0.4 is 0 Å². The number of carboxylic acids is 1. The lowest BCUT2D eigenvalue weighted by Gasteiger charge is -2.16. The lowest BCUT2D eigenvalue weighted by Crippen LogP contribution is -2.10. The number of rotatable bonds is 4. The fourth-order valence-corrected chi connectivity index (χ4v) is 3.54. The lowest BCUT2D eigenvalue weighted by atomic mass is 10.0. The molecule has 0 unspecified atom stereocenters. The molecule has 0 aliphatic carbocycles. The quantitative estimate of drug-likeness (QED) is 0.499. The molecule has 0 aromatic heterocycles. The maximum atomic E-state index is 12.9. The van der Waals surface area contributed by atoms with E-state index >= 15 is 0 Å². The van der Waals surface area contributed by atoms with Crippen LogP contribution in [0.1, 0.15) is 5.56 Å². The standard InChI is InChI=1S/C15H8F6O2S2/c16-14(17,18)24-11(12(13(22)23)25-15(19,20)21)10-7-3-5-8-4-1-2-6-9(8)10/h1-7H,(H,22,23)/b12-11+. The second-order valence-corrected chi connectivity index (χ2v) is 6.74. The number of aliphatic carboxylic acids is 1. The van der Waals surface area contributed by atoms with Gasteiger partial charge in [-0.05, 0) is 39.9 Å². The molecule has 2 aromatic rings. The van der Waals surface area contributed by atoms with Crippen LogP contribution in [-0.2, 0) is 4.79 Å². The highest BCUT2D eigenvalue weighted by atomic mass is 32.2. The van der Waals surface area contributed by atoms with Gasteiger partial charge >= 0.3 is 17.0 Å². The summed E-state index contributed by atoms with van der Waals surface area (Å²) >= 11 is -1.95. The topological polar surface area (TPSA) is 37.3 Å². The molecule has 0 aliphatic rings. The molecule has 1 N–H and O–H groups in total. The molecule has 2 aromatic carbocycles. The van der Waals surface area contributed by atoms with Crippen molar-refractivity contribution in [1.29, 1.82) is 0 Å². The first-order valence-corrected chi connectivity index (χ1v) is 8.08. The third kappa shape index (κ3) is 5.33. The van der Waals surface area contributed by atoms with Crippen LogP contribution >= 0.6 is 23.5 Å². The molecule has 10 heteroatoms. The van der Waals surface area contributed by atoms with Gasteiger partial charge < -0.3 is 5.11 Å². The summed E-state index contributed by atoms with van der Waals surface area (Å²) in [6.07, 6.45) is 0. The minimum Gasteiger partial charge on any atom is -0.477 e. The first-order chi connectivity index (χ1) is 11.5. The zero-order chi connectivity index (χ0) is 18.8. The molecule has 0 spiro atoms. The van der Waals surface area contributed by atoms with E-state index < -0.39 is 50.3 Å². The molecular weight excluding hydrogens is 390 g/mol. The van der Waals surface area contributed by atoms with Gasteiger partial charge in [0.05, 0.1) is 0 Å². The average Bonchev–Trinajstić information content (AvgIpc) is 2.48. The third-order valence-electron chi connectivity index (χ3n) is 2.87. The van der Waals surface area contributed by atoms with Gasteiger partial charge in [0, 0.05) is 4.91 Å². The van der Waals surface area contributed by atoms with Gasteiger partial charge in [0.15, 0.2) is 0 Å². The molecule has 0 amide bonds. The molecule has 0 fully saturated rings. The smallest absolute Gasteiger partial charge is 0.446 e. The zero-order valence-electron chi connectivity index (χ0n) is 12.0. The molecule has 0 saturated heterocycles. The van der Waals surface area contributed by atoms with Crippen molar-refractivity contribution in [2.45, 2.75) is 11.0 Å². The van der Waals surface area contributed by atoms with Gasteiger partial charge in [-0.15, -0.1) is 0 Å². The first-order valence-electron chi connectivity index (χ1n) is 6.45. The zero-order valence-corrected chi connectivity index (χ0v) is 13.6. The summed E-state index contributed by atoms with van der Waals surface area (Å²) in [5.74, 6) is -2.08. The Kier molecular flexibility index (Phi) is 5.62. The Morgan fingerprint density at radius 2 is 1.40 bits per heavy atom. The summed E-state index contributed by atoms with van der Waals surface area (Å²) in [5.41, 5.74) is -10.2. The minimum absolute atomic E-state index is 0.221. The average molecular weight is 398 g/mol. The van der Waals surface area contributed by atoms with Gasteiger partial charge in [-0.3, -0.25) is 0 Å². The van der Waals surface area contributed by atoms with Gasteiger partial charge in [0.2, 0.25) is 0 Å². The Morgan fingerprint density at radius 1 is 0.840 bits per heavy atom. The van der Waals surface area contributed by atoms with E-state index in [2.05, 4.69) is 0 Å². The first kappa shape index (κ1) is 19.5. The molecule has 0 bridgehead atoms. The molecule has 0 heterocycles. The highest BCUT2D eigenvalue weighted by Crippen LogP contribution is 2.49. The van der Waals surface area contributed by atoms with Crippen molar-refractivity contribution >= 4 is 45.2 Å². The van der Waals surface area contributed by atoms with Crippen LogP contribution in [0.4, 0.5) is 26.3 Å². The lowest BCUT2D eigenvalue weighted by molar-refractivity contribution is -0.131. The van der Waals surface area contributed by atoms with Crippen LogP contribution in [0.2, 0.25) is 0 Å². The molecule has 25 heavy (non-hydrogen) atoms. The fraction of sp³-hybridized carbons (Fsp3) is 0.133. The predicted octanol–water partition coefficient (Wildman–Crippen LogP) is 6.10. The molecular formula is C15H8F6O2S2. The summed E-state index contributed by atoms with van der Waals surface area (Å²) in [6, 6.07) is 10.2. The van der Waals surface area contributed by atoms with Crippen molar-refractivity contribution in [3.05, 3.63) is 52.9 Å². The molecule has 0 saturated carbocycles. The summed E-state index contributed by atoms with van der Waals surface area (Å²) in [4.78, 5) is 8.83. The molecule has 0 atom stereocenters. The number of fused-ring (bicyclic) bond motifs is 1. The summed E-state index contributed by atoms with van der Waals surface area (Å²) in [6.45, 7) is 0. The summed E-state index contributed by atoms with van der Waals surface area (Å²) in [7, 11) is 0. The fourth-order valence-electron chi connectivity index (χ4n) is 2.07. The number of hydrogen-bond donors (Lipinski definition) is 1. The Bertz CT molecular complexity index is 821. The summed E-state index contributed by atoms with van der Waals surface area (Å²) < 4.78 is 76.7. The Morgan fingerprint density at radius 3 is 1.96 bits per heavy atom. The van der Waals surface area contributed by atoms with Gasteiger partial charge in [-0.25, -0.2) is 4.79 Å². The molecule has 2 rings (SSSR count). The van der Waals surface area contributed by atoms with Crippen LogP contribution in [0, 0.1) is 0 Å². The number of halogens is 6. The number of hydrogen-bond acceptors (Lipinski definition) is 3. The molecule has 0 aliphatic heterocycles. The van der Waals surface area contributed by atoms with Crippen LogP contribution in [0.25, 0.3) is 15.7 Å². The van der Waals surface area contributed by atoms with Gasteiger partial charge in [0.25, 0.3) is 0 Å².